The maximum absolute atomic E-state index is 12.6. The summed E-state index contributed by atoms with van der Waals surface area (Å²) in [4.78, 5) is 11.4. The first-order chi connectivity index (χ1) is 8.02. The predicted octanol–water partition coefficient (Wildman–Crippen LogP) is 2.96. The third-order valence-corrected chi connectivity index (χ3v) is 2.52. The Morgan fingerprint density at radius 2 is 2.24 bits per heavy atom. The Hall–Kier alpha value is -1.61. The van der Waals surface area contributed by atoms with E-state index in [2.05, 4.69) is 12.6 Å². The van der Waals surface area contributed by atoms with Crippen LogP contribution in [-0.2, 0) is 4.74 Å². The Bertz CT molecular complexity index is 483. The molecule has 3 nitrogen and oxygen atoms in total. The van der Waals surface area contributed by atoms with Crippen molar-refractivity contribution in [1.82, 2.24) is 0 Å². The van der Waals surface area contributed by atoms with Crippen molar-refractivity contribution < 1.29 is 18.3 Å². The van der Waals surface area contributed by atoms with Crippen LogP contribution in [0, 0.1) is 11.3 Å². The molecule has 0 aromatic heterocycles. The summed E-state index contributed by atoms with van der Waals surface area (Å²) in [5.74, 6) is -0.685. The summed E-state index contributed by atoms with van der Waals surface area (Å²) < 4.78 is 29.9. The molecule has 0 heterocycles. The molecule has 6 heteroatoms. The van der Waals surface area contributed by atoms with E-state index in [-0.39, 0.29) is 22.6 Å². The summed E-state index contributed by atoms with van der Waals surface area (Å²) in [6.07, 6.45) is -2.79. The maximum Gasteiger partial charge on any atom is 0.339 e. The molecule has 0 radical (unpaired) electrons. The van der Waals surface area contributed by atoms with Gasteiger partial charge >= 0.3 is 5.97 Å². The van der Waals surface area contributed by atoms with Gasteiger partial charge in [-0.15, -0.1) is 12.6 Å². The minimum absolute atomic E-state index is 0.0103. The van der Waals surface area contributed by atoms with E-state index < -0.39 is 18.0 Å². The van der Waals surface area contributed by atoms with Crippen molar-refractivity contribution >= 4 is 18.6 Å². The standard InChI is InChI=1S/C11H9F2NO2S/c1-2-16-11(15)7-4-3-6(10(12)13)8(5-14)9(7)17/h3-4,10,17H,2H2,1H3. The van der Waals surface area contributed by atoms with E-state index in [0.717, 1.165) is 6.07 Å². The second-order valence-corrected chi connectivity index (χ2v) is 3.51. The molecule has 0 fully saturated rings. The fourth-order valence-electron chi connectivity index (χ4n) is 1.28. The zero-order valence-corrected chi connectivity index (χ0v) is 9.80. The van der Waals surface area contributed by atoms with Gasteiger partial charge in [0, 0.05) is 10.5 Å². The van der Waals surface area contributed by atoms with Gasteiger partial charge < -0.3 is 4.74 Å². The summed E-state index contributed by atoms with van der Waals surface area (Å²) in [5, 5.41) is 8.80. The molecular weight excluding hydrogens is 248 g/mol. The van der Waals surface area contributed by atoms with E-state index >= 15 is 0 Å². The first-order valence-corrected chi connectivity index (χ1v) is 5.18. The second-order valence-electron chi connectivity index (χ2n) is 3.06. The summed E-state index contributed by atoms with van der Waals surface area (Å²) in [5.41, 5.74) is -0.726. The highest BCUT2D eigenvalue weighted by Crippen LogP contribution is 2.29. The molecule has 0 aliphatic rings. The fourth-order valence-corrected chi connectivity index (χ4v) is 1.62. The van der Waals surface area contributed by atoms with Crippen molar-refractivity contribution in [3.63, 3.8) is 0 Å². The predicted molar refractivity (Wildman–Crippen MR) is 59.3 cm³/mol. The van der Waals surface area contributed by atoms with Crippen LogP contribution in [-0.4, -0.2) is 12.6 Å². The highest BCUT2D eigenvalue weighted by Gasteiger charge is 2.20. The van der Waals surface area contributed by atoms with E-state index in [9.17, 15) is 13.6 Å². The number of hydrogen-bond acceptors (Lipinski definition) is 4. The number of halogens is 2. The molecule has 0 aliphatic carbocycles. The largest absolute Gasteiger partial charge is 0.462 e. The topological polar surface area (TPSA) is 50.1 Å². The van der Waals surface area contributed by atoms with Gasteiger partial charge in [-0.25, -0.2) is 13.6 Å². The summed E-state index contributed by atoms with van der Waals surface area (Å²) >= 11 is 3.93. The molecule has 0 spiro atoms. The lowest BCUT2D eigenvalue weighted by Gasteiger charge is -2.09. The molecule has 0 unspecified atom stereocenters. The minimum atomic E-state index is -2.79. The van der Waals surface area contributed by atoms with Gasteiger partial charge in [0.05, 0.1) is 17.7 Å². The number of carbonyl (C=O) groups excluding carboxylic acids is 1. The Morgan fingerprint density at radius 1 is 1.59 bits per heavy atom. The number of ether oxygens (including phenoxy) is 1. The van der Waals surface area contributed by atoms with E-state index in [1.54, 1.807) is 13.0 Å². The second kappa shape index (κ2) is 5.64. The van der Waals surface area contributed by atoms with Crippen molar-refractivity contribution in [3.05, 3.63) is 28.8 Å². The van der Waals surface area contributed by atoms with Gasteiger partial charge in [0.1, 0.15) is 6.07 Å². The monoisotopic (exact) mass is 257 g/mol. The lowest BCUT2D eigenvalue weighted by atomic mass is 10.0. The molecule has 0 amide bonds. The Balaban J connectivity index is 3.31. The molecule has 0 saturated carbocycles. The molecule has 0 bridgehead atoms. The van der Waals surface area contributed by atoms with E-state index in [0.29, 0.717) is 0 Å². The summed E-state index contributed by atoms with van der Waals surface area (Å²) in [6, 6.07) is 3.84. The molecule has 1 rings (SSSR count). The van der Waals surface area contributed by atoms with E-state index in [1.165, 1.54) is 6.07 Å². The fraction of sp³-hybridized carbons (Fsp3) is 0.273. The number of benzene rings is 1. The van der Waals surface area contributed by atoms with Crippen molar-refractivity contribution in [2.75, 3.05) is 6.61 Å². The normalized spacial score (nSPS) is 10.1. The first-order valence-electron chi connectivity index (χ1n) is 4.74. The van der Waals surface area contributed by atoms with Crippen molar-refractivity contribution in [3.8, 4) is 6.07 Å². The molecule has 0 aliphatic heterocycles. The number of nitrogens with zero attached hydrogens (tertiary/aromatic N) is 1. The molecule has 1 aromatic rings. The van der Waals surface area contributed by atoms with E-state index in [4.69, 9.17) is 10.00 Å². The summed E-state index contributed by atoms with van der Waals surface area (Å²) in [6.45, 7) is 1.78. The number of carbonyl (C=O) groups is 1. The van der Waals surface area contributed by atoms with Gasteiger partial charge in [0.2, 0.25) is 0 Å². The average molecular weight is 257 g/mol. The molecular formula is C11H9F2NO2S. The lowest BCUT2D eigenvalue weighted by Crippen LogP contribution is -2.07. The van der Waals surface area contributed by atoms with Crippen LogP contribution in [0.15, 0.2) is 17.0 Å². The van der Waals surface area contributed by atoms with Crippen LogP contribution in [0.1, 0.15) is 34.8 Å². The van der Waals surface area contributed by atoms with Crippen LogP contribution in [0.2, 0.25) is 0 Å². The van der Waals surface area contributed by atoms with Crippen molar-refractivity contribution in [2.24, 2.45) is 0 Å². The third kappa shape index (κ3) is 2.74. The number of esters is 1. The zero-order chi connectivity index (χ0) is 13.0. The number of rotatable bonds is 3. The lowest BCUT2D eigenvalue weighted by molar-refractivity contribution is 0.0522. The number of nitriles is 1. The quantitative estimate of drug-likeness (QED) is 0.669. The van der Waals surface area contributed by atoms with E-state index in [1.807, 2.05) is 0 Å². The van der Waals surface area contributed by atoms with Crippen LogP contribution in [0.4, 0.5) is 8.78 Å². The third-order valence-electron chi connectivity index (χ3n) is 2.05. The highest BCUT2D eigenvalue weighted by molar-refractivity contribution is 7.80. The highest BCUT2D eigenvalue weighted by atomic mass is 32.1. The Labute approximate surface area is 102 Å². The molecule has 0 saturated heterocycles. The Morgan fingerprint density at radius 3 is 2.71 bits per heavy atom. The van der Waals surface area contributed by atoms with Crippen LogP contribution < -0.4 is 0 Å². The number of thiol groups is 1. The van der Waals surface area contributed by atoms with Crippen molar-refractivity contribution in [2.45, 2.75) is 18.2 Å². The molecule has 17 heavy (non-hydrogen) atoms. The smallest absolute Gasteiger partial charge is 0.339 e. The average Bonchev–Trinajstić information content (AvgIpc) is 2.28. The minimum Gasteiger partial charge on any atom is -0.462 e. The van der Waals surface area contributed by atoms with Gasteiger partial charge in [-0.3, -0.25) is 0 Å². The number of alkyl halides is 2. The molecule has 0 atom stereocenters. The van der Waals surface area contributed by atoms with Gasteiger partial charge in [0.25, 0.3) is 6.43 Å². The van der Waals surface area contributed by atoms with Gasteiger partial charge in [-0.2, -0.15) is 5.26 Å². The van der Waals surface area contributed by atoms with Crippen LogP contribution in [0.3, 0.4) is 0 Å². The van der Waals surface area contributed by atoms with Crippen LogP contribution >= 0.6 is 12.6 Å². The molecule has 90 valence electrons. The number of hydrogen-bond donors (Lipinski definition) is 1. The first kappa shape index (κ1) is 13.5. The maximum atomic E-state index is 12.6. The molecule has 0 N–H and O–H groups in total. The van der Waals surface area contributed by atoms with Crippen LogP contribution in [0.5, 0.6) is 0 Å². The van der Waals surface area contributed by atoms with Gasteiger partial charge in [0.15, 0.2) is 0 Å². The van der Waals surface area contributed by atoms with Crippen molar-refractivity contribution in [1.29, 1.82) is 5.26 Å². The SMILES string of the molecule is CCOC(=O)c1ccc(C(F)F)c(C#N)c1S. The zero-order valence-electron chi connectivity index (χ0n) is 8.91. The van der Waals surface area contributed by atoms with Gasteiger partial charge in [-0.05, 0) is 13.0 Å². The summed E-state index contributed by atoms with van der Waals surface area (Å²) in [7, 11) is 0. The molecule has 1 aromatic carbocycles. The van der Waals surface area contributed by atoms with Gasteiger partial charge in [-0.1, -0.05) is 6.07 Å². The van der Waals surface area contributed by atoms with Crippen LogP contribution in [0.25, 0.3) is 0 Å². The Kier molecular flexibility index (Phi) is 4.46.